The Kier molecular flexibility index (Phi) is 3.58. The molecule has 1 aromatic heterocycles. The fourth-order valence-electron chi connectivity index (χ4n) is 1.86. The first-order valence-electron chi connectivity index (χ1n) is 6.01. The number of hydrogen-bond acceptors (Lipinski definition) is 4. The Morgan fingerprint density at radius 2 is 2.35 bits per heavy atom. The fraction of sp³-hybridized carbons (Fsp3) is 0.500. The van der Waals surface area contributed by atoms with Crippen molar-refractivity contribution < 1.29 is 4.79 Å². The number of nitrogens with two attached hydrogens (primary N) is 1. The topological polar surface area (TPSA) is 71.2 Å². The van der Waals surface area contributed by atoms with Crippen molar-refractivity contribution in [1.29, 1.82) is 0 Å². The highest BCUT2D eigenvalue weighted by Gasteiger charge is 2.32. The first kappa shape index (κ1) is 11.9. The number of carbonyl (C=O) groups is 1. The van der Waals surface area contributed by atoms with Crippen molar-refractivity contribution in [1.82, 2.24) is 9.88 Å². The Hall–Kier alpha value is -1.62. The minimum absolute atomic E-state index is 0.00597. The maximum Gasteiger partial charge on any atom is 0.272 e. The van der Waals surface area contributed by atoms with Crippen LogP contribution in [0.5, 0.6) is 0 Å². The van der Waals surface area contributed by atoms with Gasteiger partial charge >= 0.3 is 0 Å². The van der Waals surface area contributed by atoms with E-state index in [1.165, 1.54) is 0 Å². The molecule has 17 heavy (non-hydrogen) atoms. The lowest BCUT2D eigenvalue weighted by Gasteiger charge is -2.21. The second-order valence-electron chi connectivity index (χ2n) is 4.28. The molecule has 2 rings (SSSR count). The van der Waals surface area contributed by atoms with E-state index in [1.807, 2.05) is 4.90 Å². The number of amides is 1. The molecule has 0 radical (unpaired) electrons. The van der Waals surface area contributed by atoms with Crippen molar-refractivity contribution in [2.75, 3.05) is 12.0 Å². The normalized spacial score (nSPS) is 14.5. The van der Waals surface area contributed by atoms with Gasteiger partial charge in [-0.2, -0.15) is 0 Å². The molecule has 1 fully saturated rings. The number of nitrogens with zero attached hydrogens (tertiary/aromatic N) is 2. The van der Waals surface area contributed by atoms with Gasteiger partial charge in [-0.15, -0.1) is 0 Å². The minimum Gasteiger partial charge on any atom is -0.334 e. The molecule has 1 amide bonds. The van der Waals surface area contributed by atoms with Crippen LogP contribution in [0.3, 0.4) is 0 Å². The number of aromatic nitrogens is 1. The number of hydrogen-bond donors (Lipinski definition) is 2. The molecule has 0 bridgehead atoms. The van der Waals surface area contributed by atoms with Crippen LogP contribution in [0.4, 0.5) is 5.82 Å². The number of hydrazine groups is 1. The first-order valence-corrected chi connectivity index (χ1v) is 6.01. The summed E-state index contributed by atoms with van der Waals surface area (Å²) >= 11 is 0. The van der Waals surface area contributed by atoms with E-state index >= 15 is 0 Å². The molecule has 3 N–H and O–H groups in total. The van der Waals surface area contributed by atoms with Crippen LogP contribution in [-0.4, -0.2) is 28.4 Å². The summed E-state index contributed by atoms with van der Waals surface area (Å²) in [6.07, 6.45) is 3.19. The fourth-order valence-corrected chi connectivity index (χ4v) is 1.86. The molecule has 1 aliphatic rings. The van der Waals surface area contributed by atoms with Gasteiger partial charge in [0.2, 0.25) is 0 Å². The van der Waals surface area contributed by atoms with Crippen LogP contribution >= 0.6 is 0 Å². The van der Waals surface area contributed by atoms with Crippen LogP contribution in [0.1, 0.15) is 36.7 Å². The molecule has 1 saturated carbocycles. The second-order valence-corrected chi connectivity index (χ2v) is 4.28. The predicted octanol–water partition coefficient (Wildman–Crippen LogP) is 1.38. The summed E-state index contributed by atoms with van der Waals surface area (Å²) in [5.41, 5.74) is 2.92. The Labute approximate surface area is 101 Å². The Morgan fingerprint density at radius 1 is 1.59 bits per heavy atom. The van der Waals surface area contributed by atoms with Crippen molar-refractivity contribution in [2.45, 2.75) is 32.2 Å². The van der Waals surface area contributed by atoms with E-state index in [4.69, 9.17) is 5.84 Å². The summed E-state index contributed by atoms with van der Waals surface area (Å²) in [5, 5.41) is 0. The first-order chi connectivity index (χ1) is 8.26. The minimum atomic E-state index is 0.00597. The third-order valence-corrected chi connectivity index (χ3v) is 2.83. The van der Waals surface area contributed by atoms with Crippen LogP contribution in [0.2, 0.25) is 0 Å². The molecule has 1 aliphatic carbocycles. The van der Waals surface area contributed by atoms with Gasteiger partial charge in [0.25, 0.3) is 5.91 Å². The molecule has 0 saturated heterocycles. The van der Waals surface area contributed by atoms with Gasteiger partial charge in [0.1, 0.15) is 11.5 Å². The van der Waals surface area contributed by atoms with E-state index in [-0.39, 0.29) is 5.91 Å². The summed E-state index contributed by atoms with van der Waals surface area (Å²) in [4.78, 5) is 18.4. The van der Waals surface area contributed by atoms with Crippen molar-refractivity contribution >= 4 is 11.7 Å². The van der Waals surface area contributed by atoms with Gasteiger partial charge in [-0.25, -0.2) is 10.8 Å². The van der Waals surface area contributed by atoms with Gasteiger partial charge in [-0.1, -0.05) is 13.0 Å². The number of pyridine rings is 1. The largest absolute Gasteiger partial charge is 0.334 e. The number of rotatable bonds is 5. The smallest absolute Gasteiger partial charge is 0.272 e. The average molecular weight is 234 g/mol. The monoisotopic (exact) mass is 234 g/mol. The predicted molar refractivity (Wildman–Crippen MR) is 66.4 cm³/mol. The maximum atomic E-state index is 12.3. The summed E-state index contributed by atoms with van der Waals surface area (Å²) < 4.78 is 0. The average Bonchev–Trinajstić information content (AvgIpc) is 3.19. The van der Waals surface area contributed by atoms with E-state index in [0.29, 0.717) is 17.6 Å². The standard InChI is InChI=1S/C12H18N4O/c1-2-8-16(9-6-7-9)12(17)10-4-3-5-11(14-10)15-13/h3-5,9H,2,6-8,13H2,1H3,(H,14,15). The molecule has 0 aliphatic heterocycles. The Morgan fingerprint density at radius 3 is 2.94 bits per heavy atom. The highest BCUT2D eigenvalue weighted by molar-refractivity contribution is 5.93. The van der Waals surface area contributed by atoms with Crippen molar-refractivity contribution in [3.8, 4) is 0 Å². The SMILES string of the molecule is CCCN(C(=O)c1cccc(NN)n1)C1CC1. The van der Waals surface area contributed by atoms with Gasteiger partial charge in [0.05, 0.1) is 0 Å². The van der Waals surface area contributed by atoms with Crippen LogP contribution < -0.4 is 11.3 Å². The molecular weight excluding hydrogens is 216 g/mol. The van der Waals surface area contributed by atoms with E-state index in [0.717, 1.165) is 25.8 Å². The second kappa shape index (κ2) is 5.14. The summed E-state index contributed by atoms with van der Waals surface area (Å²) in [5.74, 6) is 5.81. The highest BCUT2D eigenvalue weighted by atomic mass is 16.2. The molecular formula is C12H18N4O. The maximum absolute atomic E-state index is 12.3. The zero-order chi connectivity index (χ0) is 12.3. The number of nitrogen functional groups attached to an aromatic ring is 1. The van der Waals surface area contributed by atoms with Crippen LogP contribution in [0.15, 0.2) is 18.2 Å². The summed E-state index contributed by atoms with van der Waals surface area (Å²) in [6, 6.07) is 5.66. The van der Waals surface area contributed by atoms with Crippen LogP contribution in [-0.2, 0) is 0 Å². The molecule has 0 spiro atoms. The van der Waals surface area contributed by atoms with Crippen molar-refractivity contribution in [3.05, 3.63) is 23.9 Å². The van der Waals surface area contributed by atoms with E-state index in [1.54, 1.807) is 18.2 Å². The zero-order valence-corrected chi connectivity index (χ0v) is 10.0. The molecule has 92 valence electrons. The molecule has 1 aromatic rings. The quantitative estimate of drug-likeness (QED) is 0.596. The Balaban J connectivity index is 2.15. The number of carbonyl (C=O) groups excluding carboxylic acids is 1. The lowest BCUT2D eigenvalue weighted by atomic mass is 10.3. The third kappa shape index (κ3) is 2.74. The number of anilines is 1. The van der Waals surface area contributed by atoms with Gasteiger partial charge in [-0.3, -0.25) is 4.79 Å². The molecule has 5 nitrogen and oxygen atoms in total. The number of nitrogens with one attached hydrogen (secondary N) is 1. The van der Waals surface area contributed by atoms with E-state index in [9.17, 15) is 4.79 Å². The van der Waals surface area contributed by atoms with Crippen LogP contribution in [0.25, 0.3) is 0 Å². The highest BCUT2D eigenvalue weighted by Crippen LogP contribution is 2.28. The Bertz CT molecular complexity index is 403. The zero-order valence-electron chi connectivity index (χ0n) is 10.0. The summed E-state index contributed by atoms with van der Waals surface area (Å²) in [6.45, 7) is 2.87. The molecule has 5 heteroatoms. The van der Waals surface area contributed by atoms with E-state index in [2.05, 4.69) is 17.3 Å². The van der Waals surface area contributed by atoms with Crippen molar-refractivity contribution in [3.63, 3.8) is 0 Å². The molecule has 0 unspecified atom stereocenters. The van der Waals surface area contributed by atoms with E-state index < -0.39 is 0 Å². The van der Waals surface area contributed by atoms with Crippen molar-refractivity contribution in [2.24, 2.45) is 5.84 Å². The van der Waals surface area contributed by atoms with Crippen LogP contribution in [0, 0.1) is 0 Å². The lowest BCUT2D eigenvalue weighted by molar-refractivity contribution is 0.0737. The molecule has 1 heterocycles. The van der Waals surface area contributed by atoms with Gasteiger partial charge in [0, 0.05) is 12.6 Å². The van der Waals surface area contributed by atoms with Gasteiger partial charge < -0.3 is 10.3 Å². The third-order valence-electron chi connectivity index (χ3n) is 2.83. The molecule has 0 atom stereocenters. The molecule has 0 aromatic carbocycles. The van der Waals surface area contributed by atoms with Gasteiger partial charge in [0.15, 0.2) is 0 Å². The summed E-state index contributed by atoms with van der Waals surface area (Å²) in [7, 11) is 0. The van der Waals surface area contributed by atoms with Gasteiger partial charge in [-0.05, 0) is 31.4 Å². The lowest BCUT2D eigenvalue weighted by Crippen LogP contribution is -2.34.